The van der Waals surface area contributed by atoms with E-state index in [0.717, 1.165) is 4.57 Å². The van der Waals surface area contributed by atoms with Crippen LogP contribution in [0.1, 0.15) is 18.2 Å². The molecule has 0 unspecified atom stereocenters. The van der Waals surface area contributed by atoms with Gasteiger partial charge in [-0.1, -0.05) is 30.3 Å². The molecule has 0 atom stereocenters. The zero-order valence-corrected chi connectivity index (χ0v) is 10.3. The normalized spacial score (nSPS) is 15.3. The molecule has 0 spiro atoms. The van der Waals surface area contributed by atoms with Gasteiger partial charge in [0.05, 0.1) is 19.3 Å². The summed E-state index contributed by atoms with van der Waals surface area (Å²) in [4.78, 5) is 17.2. The molecule has 2 aromatic carbocycles. The maximum atomic E-state index is 12.9. The van der Waals surface area contributed by atoms with Gasteiger partial charge in [0.25, 0.3) is 5.56 Å². The first-order chi connectivity index (χ1) is 11.2. The van der Waals surface area contributed by atoms with Crippen molar-refractivity contribution in [2.45, 2.75) is 13.8 Å². The predicted molar refractivity (Wildman–Crippen MR) is 76.8 cm³/mol. The van der Waals surface area contributed by atoms with Gasteiger partial charge in [0.1, 0.15) is 5.82 Å². The molecule has 3 rings (SSSR count). The maximum absolute atomic E-state index is 12.9. The first kappa shape index (κ1) is 7.24. The summed E-state index contributed by atoms with van der Waals surface area (Å²) in [6.45, 7) is -0.967. The van der Waals surface area contributed by atoms with Gasteiger partial charge < -0.3 is 0 Å². The molecule has 0 bridgehead atoms. The standard InChI is InChI=1S/C16H14N2O/c1-11-7-3-6-10-15(11)18-12(2)17-14-9-5-4-8-13(14)16(18)19/h3-10H,1-2H3/i1D3,3D,10D. The van der Waals surface area contributed by atoms with Gasteiger partial charge in [0.15, 0.2) is 0 Å². The Morgan fingerprint density at radius 2 is 2.11 bits per heavy atom. The Bertz CT molecular complexity index is 1010. The van der Waals surface area contributed by atoms with Crippen LogP contribution >= 0.6 is 0 Å². The van der Waals surface area contributed by atoms with Gasteiger partial charge in [0, 0.05) is 4.11 Å². The Hall–Kier alpha value is -2.42. The number of benzene rings is 2. The van der Waals surface area contributed by atoms with Gasteiger partial charge in [-0.05, 0) is 37.5 Å². The zero-order chi connectivity index (χ0) is 17.6. The van der Waals surface area contributed by atoms with E-state index in [1.165, 1.54) is 12.1 Å². The van der Waals surface area contributed by atoms with Gasteiger partial charge in [-0.3, -0.25) is 9.36 Å². The average molecular weight is 255 g/mol. The molecule has 0 saturated heterocycles. The van der Waals surface area contributed by atoms with Gasteiger partial charge in [-0.2, -0.15) is 0 Å². The lowest BCUT2D eigenvalue weighted by atomic mass is 10.2. The molecule has 1 heterocycles. The summed E-state index contributed by atoms with van der Waals surface area (Å²) in [7, 11) is 0. The Labute approximate surface area is 118 Å². The number of para-hydroxylation sites is 2. The first-order valence-electron chi connectivity index (χ1n) is 8.30. The van der Waals surface area contributed by atoms with E-state index in [2.05, 4.69) is 4.98 Å². The largest absolute Gasteiger partial charge is 0.268 e. The highest BCUT2D eigenvalue weighted by atomic mass is 16.1. The number of fused-ring (bicyclic) bond motifs is 1. The lowest BCUT2D eigenvalue weighted by Crippen LogP contribution is -2.22. The molecule has 0 amide bonds. The molecule has 94 valence electrons. The highest BCUT2D eigenvalue weighted by Crippen LogP contribution is 2.15. The van der Waals surface area contributed by atoms with Crippen LogP contribution in [0, 0.1) is 13.8 Å². The van der Waals surface area contributed by atoms with Crippen molar-refractivity contribution in [3.8, 4) is 5.69 Å². The third-order valence-electron chi connectivity index (χ3n) is 2.94. The van der Waals surface area contributed by atoms with E-state index in [4.69, 9.17) is 6.85 Å². The van der Waals surface area contributed by atoms with E-state index in [-0.39, 0.29) is 29.2 Å². The molecule has 19 heavy (non-hydrogen) atoms. The molecule has 3 heteroatoms. The predicted octanol–water partition coefficient (Wildman–Crippen LogP) is 3.00. The van der Waals surface area contributed by atoms with E-state index in [0.29, 0.717) is 10.9 Å². The quantitative estimate of drug-likeness (QED) is 0.670. The SMILES string of the molecule is [2H]c1cc([2H])c(-n2c(C)nc3ccccc3c2=O)c(C([2H])([2H])[2H])c1. The van der Waals surface area contributed by atoms with Crippen LogP contribution in [0.3, 0.4) is 0 Å². The highest BCUT2D eigenvalue weighted by Gasteiger charge is 2.10. The molecule has 0 aliphatic carbocycles. The van der Waals surface area contributed by atoms with Crippen molar-refractivity contribution in [1.82, 2.24) is 9.55 Å². The van der Waals surface area contributed by atoms with Crippen molar-refractivity contribution in [1.29, 1.82) is 0 Å². The Morgan fingerprint density at radius 3 is 2.95 bits per heavy atom. The van der Waals surface area contributed by atoms with Gasteiger partial charge in [-0.25, -0.2) is 4.98 Å². The number of rotatable bonds is 1. The maximum Gasteiger partial charge on any atom is 0.265 e. The van der Waals surface area contributed by atoms with E-state index >= 15 is 0 Å². The van der Waals surface area contributed by atoms with Crippen molar-refractivity contribution < 1.29 is 6.85 Å². The second-order valence-electron chi connectivity index (χ2n) is 4.18. The molecule has 3 aromatic rings. The third-order valence-corrected chi connectivity index (χ3v) is 2.94. The minimum absolute atomic E-state index is 0.0493. The van der Waals surface area contributed by atoms with E-state index < -0.39 is 12.4 Å². The molecular weight excluding hydrogens is 236 g/mol. The lowest BCUT2D eigenvalue weighted by Gasteiger charge is -2.12. The van der Waals surface area contributed by atoms with Crippen molar-refractivity contribution >= 4 is 10.9 Å². The number of hydrogen-bond acceptors (Lipinski definition) is 2. The van der Waals surface area contributed by atoms with Crippen LogP contribution in [0.25, 0.3) is 16.6 Å². The van der Waals surface area contributed by atoms with Crippen LogP contribution < -0.4 is 5.56 Å². The molecule has 1 aromatic heterocycles. The number of nitrogens with zero attached hydrogens (tertiary/aromatic N) is 2. The summed E-state index contributed by atoms with van der Waals surface area (Å²) in [5, 5.41) is 0.342. The second kappa shape index (κ2) is 4.35. The summed E-state index contributed by atoms with van der Waals surface area (Å²) in [6, 6.07) is 8.87. The van der Waals surface area contributed by atoms with Crippen molar-refractivity contribution in [3.05, 3.63) is 70.2 Å². The third kappa shape index (κ3) is 1.83. The van der Waals surface area contributed by atoms with Crippen LogP contribution in [-0.4, -0.2) is 9.55 Å². The summed E-state index contributed by atoms with van der Waals surface area (Å²) in [5.41, 5.74) is -0.181. The molecule has 0 radical (unpaired) electrons. The van der Waals surface area contributed by atoms with Gasteiger partial charge in [-0.15, -0.1) is 0 Å². The number of hydrogen-bond donors (Lipinski definition) is 0. The minimum atomic E-state index is -2.56. The highest BCUT2D eigenvalue weighted by molar-refractivity contribution is 5.77. The monoisotopic (exact) mass is 255 g/mol. The average Bonchev–Trinajstić information content (AvgIpc) is 2.47. The lowest BCUT2D eigenvalue weighted by molar-refractivity contribution is 0.888. The summed E-state index contributed by atoms with van der Waals surface area (Å²) in [6.07, 6.45) is 0. The summed E-state index contributed by atoms with van der Waals surface area (Å²) < 4.78 is 40.0. The topological polar surface area (TPSA) is 34.9 Å². The van der Waals surface area contributed by atoms with E-state index in [1.807, 2.05) is 0 Å². The second-order valence-corrected chi connectivity index (χ2v) is 4.18. The van der Waals surface area contributed by atoms with Gasteiger partial charge >= 0.3 is 0 Å². The van der Waals surface area contributed by atoms with Crippen molar-refractivity contribution in [2.75, 3.05) is 0 Å². The van der Waals surface area contributed by atoms with Crippen molar-refractivity contribution in [2.24, 2.45) is 0 Å². The molecular formula is C16H14N2O. The number of aromatic nitrogens is 2. The Morgan fingerprint density at radius 1 is 1.26 bits per heavy atom. The molecule has 3 nitrogen and oxygen atoms in total. The minimum Gasteiger partial charge on any atom is -0.268 e. The van der Waals surface area contributed by atoms with Gasteiger partial charge in [0.2, 0.25) is 0 Å². The van der Waals surface area contributed by atoms with Crippen LogP contribution in [0.5, 0.6) is 0 Å². The zero-order valence-electron chi connectivity index (χ0n) is 15.3. The Kier molecular flexibility index (Phi) is 1.66. The molecule has 0 N–H and O–H groups in total. The molecule has 0 aliphatic rings. The molecule has 0 aliphatic heterocycles. The van der Waals surface area contributed by atoms with Crippen LogP contribution in [0.2, 0.25) is 0 Å². The number of aryl methyl sites for hydroxylation is 2. The fourth-order valence-electron chi connectivity index (χ4n) is 2.07. The van der Waals surface area contributed by atoms with Crippen LogP contribution in [0.4, 0.5) is 0 Å². The van der Waals surface area contributed by atoms with Crippen molar-refractivity contribution in [3.63, 3.8) is 0 Å². The smallest absolute Gasteiger partial charge is 0.265 e. The summed E-state index contributed by atoms with van der Waals surface area (Å²) in [5.74, 6) is 0.287. The molecule has 0 saturated carbocycles. The van der Waals surface area contributed by atoms with E-state index in [9.17, 15) is 4.79 Å². The fourth-order valence-corrected chi connectivity index (χ4v) is 2.07. The van der Waals surface area contributed by atoms with Crippen LogP contribution in [0.15, 0.2) is 53.3 Å². The Balaban J connectivity index is 2.47. The summed E-state index contributed by atoms with van der Waals surface area (Å²) >= 11 is 0. The van der Waals surface area contributed by atoms with E-state index in [1.54, 1.807) is 31.2 Å². The fraction of sp³-hybridized carbons (Fsp3) is 0.125. The molecule has 0 fully saturated rings. The van der Waals surface area contributed by atoms with Crippen LogP contribution in [-0.2, 0) is 0 Å². The first-order valence-corrected chi connectivity index (χ1v) is 5.80.